The van der Waals surface area contributed by atoms with Crippen LogP contribution in [0.4, 0.5) is 0 Å². The highest BCUT2D eigenvalue weighted by Gasteiger charge is 2.20. The summed E-state index contributed by atoms with van der Waals surface area (Å²) in [5.41, 5.74) is 0.816. The number of hydrogen-bond donors (Lipinski definition) is 0. The second-order valence-electron chi connectivity index (χ2n) is 5.50. The summed E-state index contributed by atoms with van der Waals surface area (Å²) in [6.45, 7) is 0. The van der Waals surface area contributed by atoms with Crippen LogP contribution >= 0.6 is 11.6 Å². The van der Waals surface area contributed by atoms with Gasteiger partial charge in [0.1, 0.15) is 5.82 Å². The predicted molar refractivity (Wildman–Crippen MR) is 82.3 cm³/mol. The van der Waals surface area contributed by atoms with Crippen molar-refractivity contribution in [2.24, 2.45) is 0 Å². The van der Waals surface area contributed by atoms with Crippen LogP contribution in [0.1, 0.15) is 50.4 Å². The summed E-state index contributed by atoms with van der Waals surface area (Å²) in [7, 11) is 0. The van der Waals surface area contributed by atoms with Crippen molar-refractivity contribution in [1.82, 2.24) is 9.55 Å². The van der Waals surface area contributed by atoms with Gasteiger partial charge in [0, 0.05) is 6.04 Å². The third-order valence-corrected chi connectivity index (χ3v) is 4.43. The molecule has 106 valence electrons. The summed E-state index contributed by atoms with van der Waals surface area (Å²) in [6.07, 6.45) is 7.02. The zero-order valence-corrected chi connectivity index (χ0v) is 12.3. The van der Waals surface area contributed by atoms with E-state index in [1.807, 2.05) is 28.8 Å². The molecule has 3 rings (SSSR count). The first-order valence-corrected chi connectivity index (χ1v) is 7.91. The lowest BCUT2D eigenvalue weighted by atomic mass is 10.1. The number of aromatic nitrogens is 2. The Morgan fingerprint density at radius 1 is 1.15 bits per heavy atom. The third kappa shape index (κ3) is 2.47. The molecule has 1 aromatic carbocycles. The molecule has 2 aromatic rings. The second kappa shape index (κ2) is 5.96. The number of alkyl halides is 1. The van der Waals surface area contributed by atoms with Gasteiger partial charge in [0.25, 0.3) is 5.56 Å². The molecule has 0 radical (unpaired) electrons. The Morgan fingerprint density at radius 3 is 2.55 bits per heavy atom. The van der Waals surface area contributed by atoms with E-state index in [0.29, 0.717) is 11.2 Å². The standard InChI is InChI=1S/C16H19ClN2O/c17-11-15-18-14-10-6-5-9-13(14)16(20)19(15)12-7-3-1-2-4-8-12/h5-6,9-10,12H,1-4,7-8,11H2. The van der Waals surface area contributed by atoms with Crippen LogP contribution in [0.2, 0.25) is 0 Å². The molecule has 0 saturated heterocycles. The molecule has 1 saturated carbocycles. The quantitative estimate of drug-likeness (QED) is 0.618. The van der Waals surface area contributed by atoms with Crippen molar-refractivity contribution in [3.05, 3.63) is 40.4 Å². The van der Waals surface area contributed by atoms with Crippen molar-refractivity contribution < 1.29 is 0 Å². The van der Waals surface area contributed by atoms with Crippen LogP contribution in [0.3, 0.4) is 0 Å². The Bertz CT molecular complexity index is 657. The fourth-order valence-corrected chi connectivity index (χ4v) is 3.37. The van der Waals surface area contributed by atoms with E-state index < -0.39 is 0 Å². The van der Waals surface area contributed by atoms with Gasteiger partial charge in [-0.3, -0.25) is 9.36 Å². The van der Waals surface area contributed by atoms with Crippen LogP contribution < -0.4 is 5.56 Å². The fourth-order valence-electron chi connectivity index (χ4n) is 3.18. The predicted octanol–water partition coefficient (Wildman–Crippen LogP) is 4.03. The van der Waals surface area contributed by atoms with E-state index in [9.17, 15) is 4.79 Å². The molecule has 1 aliphatic rings. The van der Waals surface area contributed by atoms with Crippen molar-refractivity contribution in [1.29, 1.82) is 0 Å². The van der Waals surface area contributed by atoms with Crippen molar-refractivity contribution in [2.45, 2.75) is 50.4 Å². The first-order valence-electron chi connectivity index (χ1n) is 7.37. The van der Waals surface area contributed by atoms with Crippen molar-refractivity contribution >= 4 is 22.5 Å². The topological polar surface area (TPSA) is 34.9 Å². The van der Waals surface area contributed by atoms with Crippen LogP contribution in [0.25, 0.3) is 10.9 Å². The Morgan fingerprint density at radius 2 is 1.85 bits per heavy atom. The number of halogens is 1. The molecule has 0 amide bonds. The van der Waals surface area contributed by atoms with Gasteiger partial charge >= 0.3 is 0 Å². The van der Waals surface area contributed by atoms with E-state index in [-0.39, 0.29) is 17.5 Å². The van der Waals surface area contributed by atoms with E-state index in [1.54, 1.807) is 0 Å². The summed E-state index contributed by atoms with van der Waals surface area (Å²) in [4.78, 5) is 17.4. The summed E-state index contributed by atoms with van der Waals surface area (Å²) < 4.78 is 1.86. The summed E-state index contributed by atoms with van der Waals surface area (Å²) in [6, 6.07) is 7.79. The van der Waals surface area contributed by atoms with Crippen LogP contribution in [-0.4, -0.2) is 9.55 Å². The van der Waals surface area contributed by atoms with Gasteiger partial charge in [-0.15, -0.1) is 11.6 Å². The first-order chi connectivity index (χ1) is 9.81. The second-order valence-corrected chi connectivity index (χ2v) is 5.77. The molecule has 20 heavy (non-hydrogen) atoms. The Kier molecular flexibility index (Phi) is 4.06. The Hall–Kier alpha value is -1.35. The van der Waals surface area contributed by atoms with Crippen LogP contribution in [0.15, 0.2) is 29.1 Å². The van der Waals surface area contributed by atoms with Crippen molar-refractivity contribution in [3.63, 3.8) is 0 Å². The van der Waals surface area contributed by atoms with E-state index >= 15 is 0 Å². The maximum atomic E-state index is 12.8. The summed E-state index contributed by atoms with van der Waals surface area (Å²) in [5.74, 6) is 0.999. The molecular formula is C16H19ClN2O. The first kappa shape index (κ1) is 13.6. The average Bonchev–Trinajstić information content (AvgIpc) is 2.76. The van der Waals surface area contributed by atoms with Crippen LogP contribution in [-0.2, 0) is 5.88 Å². The Balaban J connectivity index is 2.17. The normalized spacial score (nSPS) is 17.2. The maximum Gasteiger partial charge on any atom is 0.261 e. The largest absolute Gasteiger partial charge is 0.292 e. The Labute approximate surface area is 123 Å². The number of benzene rings is 1. The van der Waals surface area contributed by atoms with Gasteiger partial charge < -0.3 is 0 Å². The van der Waals surface area contributed by atoms with Gasteiger partial charge in [0.15, 0.2) is 0 Å². The highest BCUT2D eigenvalue weighted by atomic mass is 35.5. The zero-order chi connectivity index (χ0) is 13.9. The van der Waals surface area contributed by atoms with Crippen molar-refractivity contribution in [2.75, 3.05) is 0 Å². The maximum absolute atomic E-state index is 12.8. The van der Waals surface area contributed by atoms with Gasteiger partial charge in [-0.1, -0.05) is 37.8 Å². The van der Waals surface area contributed by atoms with E-state index in [1.165, 1.54) is 25.7 Å². The fraction of sp³-hybridized carbons (Fsp3) is 0.500. The molecule has 0 atom stereocenters. The molecule has 4 heteroatoms. The smallest absolute Gasteiger partial charge is 0.261 e. The average molecular weight is 291 g/mol. The molecule has 0 spiro atoms. The molecule has 1 fully saturated rings. The lowest BCUT2D eigenvalue weighted by Gasteiger charge is -2.21. The molecule has 0 aliphatic heterocycles. The molecule has 1 heterocycles. The minimum absolute atomic E-state index is 0.0677. The minimum Gasteiger partial charge on any atom is -0.292 e. The highest BCUT2D eigenvalue weighted by molar-refractivity contribution is 6.16. The molecular weight excluding hydrogens is 272 g/mol. The van der Waals surface area contributed by atoms with Gasteiger partial charge in [-0.2, -0.15) is 0 Å². The number of hydrogen-bond acceptors (Lipinski definition) is 2. The number of rotatable bonds is 2. The van der Waals surface area contributed by atoms with Gasteiger partial charge in [-0.25, -0.2) is 4.98 Å². The summed E-state index contributed by atoms with van der Waals surface area (Å²) in [5, 5.41) is 0.700. The lowest BCUT2D eigenvalue weighted by Crippen LogP contribution is -2.29. The number of para-hydroxylation sites is 1. The molecule has 3 nitrogen and oxygen atoms in total. The van der Waals surface area contributed by atoms with Crippen molar-refractivity contribution in [3.8, 4) is 0 Å². The number of nitrogens with zero attached hydrogens (tertiary/aromatic N) is 2. The van der Waals surface area contributed by atoms with Gasteiger partial charge in [0.2, 0.25) is 0 Å². The number of fused-ring (bicyclic) bond motifs is 1. The monoisotopic (exact) mass is 290 g/mol. The molecule has 1 aromatic heterocycles. The van der Waals surface area contributed by atoms with Gasteiger partial charge in [0.05, 0.1) is 16.8 Å². The SMILES string of the molecule is O=c1c2ccccc2nc(CCl)n1C1CCCCCC1. The molecule has 0 N–H and O–H groups in total. The highest BCUT2D eigenvalue weighted by Crippen LogP contribution is 2.27. The minimum atomic E-state index is 0.0677. The zero-order valence-electron chi connectivity index (χ0n) is 11.5. The lowest BCUT2D eigenvalue weighted by molar-refractivity contribution is 0.419. The van der Waals surface area contributed by atoms with E-state index in [4.69, 9.17) is 11.6 Å². The summed E-state index contributed by atoms with van der Waals surface area (Å²) >= 11 is 6.04. The van der Waals surface area contributed by atoms with Crippen LogP contribution in [0, 0.1) is 0 Å². The van der Waals surface area contributed by atoms with Crippen LogP contribution in [0.5, 0.6) is 0 Å². The van der Waals surface area contributed by atoms with Gasteiger partial charge in [-0.05, 0) is 25.0 Å². The van der Waals surface area contributed by atoms with E-state index in [2.05, 4.69) is 4.98 Å². The molecule has 0 bridgehead atoms. The third-order valence-electron chi connectivity index (χ3n) is 4.19. The van der Waals surface area contributed by atoms with E-state index in [0.717, 1.165) is 18.4 Å². The molecule has 1 aliphatic carbocycles. The molecule has 0 unspecified atom stereocenters.